The van der Waals surface area contributed by atoms with Crippen LogP contribution in [0.3, 0.4) is 0 Å². The molecule has 0 aromatic heterocycles. The fourth-order valence-electron chi connectivity index (χ4n) is 3.43. The van der Waals surface area contributed by atoms with Crippen molar-refractivity contribution in [2.75, 3.05) is 13.7 Å². The molecule has 0 aliphatic carbocycles. The Hall–Kier alpha value is -3.66. The summed E-state index contributed by atoms with van der Waals surface area (Å²) in [4.78, 5) is 18.0. The number of esters is 1. The lowest BCUT2D eigenvalue weighted by atomic mass is 9.91. The lowest BCUT2D eigenvalue weighted by molar-refractivity contribution is -0.144. The third-order valence-electron chi connectivity index (χ3n) is 4.99. The molecule has 0 unspecified atom stereocenters. The van der Waals surface area contributed by atoms with E-state index in [1.807, 2.05) is 84.9 Å². The molecule has 0 fully saturated rings. The van der Waals surface area contributed by atoms with Gasteiger partial charge in [-0.3, -0.25) is 4.99 Å². The Labute approximate surface area is 183 Å². The highest BCUT2D eigenvalue weighted by atomic mass is 16.5. The van der Waals surface area contributed by atoms with Gasteiger partial charge in [0.1, 0.15) is 5.75 Å². The Morgan fingerprint density at radius 1 is 0.935 bits per heavy atom. The summed E-state index contributed by atoms with van der Waals surface area (Å²) in [7, 11) is 1.62. The van der Waals surface area contributed by atoms with Crippen LogP contribution in [0.5, 0.6) is 5.75 Å². The van der Waals surface area contributed by atoms with Crippen molar-refractivity contribution in [3.63, 3.8) is 0 Å². The number of benzene rings is 3. The molecule has 0 radical (unpaired) electrons. The molecule has 4 nitrogen and oxygen atoms in total. The molecule has 0 amide bonds. The average Bonchev–Trinajstić information content (AvgIpc) is 2.83. The van der Waals surface area contributed by atoms with Crippen LogP contribution in [0.15, 0.2) is 103 Å². The van der Waals surface area contributed by atoms with Crippen molar-refractivity contribution >= 4 is 11.7 Å². The van der Waals surface area contributed by atoms with Crippen LogP contribution in [0.25, 0.3) is 0 Å². The van der Waals surface area contributed by atoms with Gasteiger partial charge in [-0.25, -0.2) is 4.79 Å². The first-order valence-electron chi connectivity index (χ1n) is 10.3. The molecular formula is C27H27NO3. The van der Waals surface area contributed by atoms with E-state index >= 15 is 0 Å². The largest absolute Gasteiger partial charge is 0.497 e. The molecule has 0 heterocycles. The Morgan fingerprint density at radius 3 is 1.94 bits per heavy atom. The summed E-state index contributed by atoms with van der Waals surface area (Å²) < 4.78 is 10.7. The first kappa shape index (κ1) is 22.0. The number of ether oxygens (including phenoxy) is 2. The van der Waals surface area contributed by atoms with E-state index in [0.29, 0.717) is 0 Å². The van der Waals surface area contributed by atoms with E-state index in [1.165, 1.54) is 0 Å². The number of carbonyl (C=O) groups excluding carboxylic acids is 1. The molecule has 3 aromatic carbocycles. The Morgan fingerprint density at radius 2 is 1.48 bits per heavy atom. The van der Waals surface area contributed by atoms with E-state index in [2.05, 4.69) is 6.58 Å². The second-order valence-electron chi connectivity index (χ2n) is 6.94. The molecule has 3 aromatic rings. The maximum Gasteiger partial charge on any atom is 0.331 e. The number of hydrogen-bond acceptors (Lipinski definition) is 4. The molecule has 31 heavy (non-hydrogen) atoms. The minimum Gasteiger partial charge on any atom is -0.497 e. The van der Waals surface area contributed by atoms with Gasteiger partial charge in [0, 0.05) is 17.0 Å². The lowest BCUT2D eigenvalue weighted by Crippen LogP contribution is -2.29. The molecule has 158 valence electrons. The maximum atomic E-state index is 13.0. The minimum atomic E-state index is -0.777. The van der Waals surface area contributed by atoms with E-state index in [0.717, 1.165) is 28.2 Å². The van der Waals surface area contributed by atoms with Crippen LogP contribution in [0.4, 0.5) is 0 Å². The number of methoxy groups -OCH3 is 1. The number of hydrogen-bond donors (Lipinski definition) is 0. The van der Waals surface area contributed by atoms with Gasteiger partial charge in [-0.2, -0.15) is 0 Å². The third kappa shape index (κ3) is 5.48. The zero-order valence-corrected chi connectivity index (χ0v) is 17.9. The van der Waals surface area contributed by atoms with Crippen molar-refractivity contribution in [2.24, 2.45) is 4.99 Å². The summed E-state index contributed by atoms with van der Waals surface area (Å²) in [6.07, 6.45) is 1.75. The monoisotopic (exact) mass is 413 g/mol. The van der Waals surface area contributed by atoms with E-state index in [4.69, 9.17) is 14.5 Å². The summed E-state index contributed by atoms with van der Waals surface area (Å²) in [6.45, 7) is 6.06. The standard InChI is InChI=1S/C27H27NO3/c1-4-24(20-16-18-23(30-3)19-17-20)26(27(29)31-5-2)28-25(21-12-8-6-9-13-21)22-14-10-7-11-15-22/h4,6-19,24,26H,1,5H2,2-3H3/t24-,26-/m1/s1. The summed E-state index contributed by atoms with van der Waals surface area (Å²) in [5, 5.41) is 0. The second-order valence-corrected chi connectivity index (χ2v) is 6.94. The molecule has 0 N–H and O–H groups in total. The van der Waals surface area contributed by atoms with Gasteiger partial charge >= 0.3 is 5.97 Å². The van der Waals surface area contributed by atoms with Crippen molar-refractivity contribution in [1.82, 2.24) is 0 Å². The SMILES string of the molecule is C=C[C@H](c1ccc(OC)cc1)[C@@H](N=C(c1ccccc1)c1ccccc1)C(=O)OCC. The van der Waals surface area contributed by atoms with Crippen molar-refractivity contribution in [2.45, 2.75) is 18.9 Å². The summed E-state index contributed by atoms with van der Waals surface area (Å²) in [5.41, 5.74) is 3.51. The van der Waals surface area contributed by atoms with Crippen LogP contribution in [-0.2, 0) is 9.53 Å². The van der Waals surface area contributed by atoms with Crippen molar-refractivity contribution in [1.29, 1.82) is 0 Å². The van der Waals surface area contributed by atoms with Gasteiger partial charge in [0.25, 0.3) is 0 Å². The van der Waals surface area contributed by atoms with Crippen molar-refractivity contribution in [3.05, 3.63) is 114 Å². The number of carbonyl (C=O) groups is 1. The molecule has 3 rings (SSSR count). The highest BCUT2D eigenvalue weighted by Crippen LogP contribution is 2.28. The highest BCUT2D eigenvalue weighted by Gasteiger charge is 2.29. The first-order chi connectivity index (χ1) is 15.2. The zero-order chi connectivity index (χ0) is 22.1. The predicted molar refractivity (Wildman–Crippen MR) is 125 cm³/mol. The maximum absolute atomic E-state index is 13.0. The van der Waals surface area contributed by atoms with Crippen molar-refractivity contribution < 1.29 is 14.3 Å². The van der Waals surface area contributed by atoms with Crippen LogP contribution in [0.1, 0.15) is 29.5 Å². The molecule has 0 spiro atoms. The predicted octanol–water partition coefficient (Wildman–Crippen LogP) is 5.43. The third-order valence-corrected chi connectivity index (χ3v) is 4.99. The van der Waals surface area contributed by atoms with Gasteiger partial charge in [-0.15, -0.1) is 6.58 Å². The molecule has 0 aliphatic rings. The first-order valence-corrected chi connectivity index (χ1v) is 10.3. The van der Waals surface area contributed by atoms with Gasteiger partial charge in [0.15, 0.2) is 6.04 Å². The molecular weight excluding hydrogens is 386 g/mol. The van der Waals surface area contributed by atoms with Gasteiger partial charge in [0.2, 0.25) is 0 Å². The second kappa shape index (κ2) is 10.9. The average molecular weight is 414 g/mol. The summed E-state index contributed by atoms with van der Waals surface area (Å²) >= 11 is 0. The molecule has 0 aliphatic heterocycles. The Kier molecular flexibility index (Phi) is 7.77. The van der Waals surface area contributed by atoms with Gasteiger partial charge in [-0.05, 0) is 24.6 Å². The van der Waals surface area contributed by atoms with E-state index < -0.39 is 6.04 Å². The van der Waals surface area contributed by atoms with Crippen LogP contribution < -0.4 is 4.74 Å². The summed E-state index contributed by atoms with van der Waals surface area (Å²) in [6, 6.07) is 26.5. The Bertz CT molecular complexity index is 970. The smallest absolute Gasteiger partial charge is 0.331 e. The zero-order valence-electron chi connectivity index (χ0n) is 17.9. The van der Waals surface area contributed by atoms with Crippen molar-refractivity contribution in [3.8, 4) is 5.75 Å². The molecule has 0 saturated heterocycles. The quantitative estimate of drug-likeness (QED) is 0.267. The van der Waals surface area contributed by atoms with Gasteiger partial charge < -0.3 is 9.47 Å². The number of nitrogens with zero attached hydrogens (tertiary/aromatic N) is 1. The number of aliphatic imine (C=N–C) groups is 1. The minimum absolute atomic E-state index is 0.281. The topological polar surface area (TPSA) is 47.9 Å². The fourth-order valence-corrected chi connectivity index (χ4v) is 3.43. The van der Waals surface area contributed by atoms with E-state index in [9.17, 15) is 4.79 Å². The highest BCUT2D eigenvalue weighted by molar-refractivity contribution is 6.13. The van der Waals surface area contributed by atoms with Crippen LogP contribution in [0.2, 0.25) is 0 Å². The summed E-state index contributed by atoms with van der Waals surface area (Å²) in [5.74, 6) is 0.0111. The van der Waals surface area contributed by atoms with Gasteiger partial charge in [0.05, 0.1) is 19.4 Å². The van der Waals surface area contributed by atoms with Crippen LogP contribution >= 0.6 is 0 Å². The molecule has 2 atom stereocenters. The van der Waals surface area contributed by atoms with E-state index in [-0.39, 0.29) is 18.5 Å². The van der Waals surface area contributed by atoms with Crippen LogP contribution in [-0.4, -0.2) is 31.4 Å². The fraction of sp³-hybridized carbons (Fsp3) is 0.185. The lowest BCUT2D eigenvalue weighted by Gasteiger charge is -2.22. The Balaban J connectivity index is 2.13. The van der Waals surface area contributed by atoms with Gasteiger partial charge in [-0.1, -0.05) is 78.9 Å². The molecule has 0 bridgehead atoms. The van der Waals surface area contributed by atoms with E-state index in [1.54, 1.807) is 20.1 Å². The normalized spacial score (nSPS) is 12.3. The molecule has 0 saturated carbocycles. The molecule has 4 heteroatoms. The van der Waals surface area contributed by atoms with Crippen LogP contribution in [0, 0.1) is 0 Å². The number of rotatable bonds is 9.